The van der Waals surface area contributed by atoms with E-state index in [4.69, 9.17) is 19.3 Å². The zero-order valence-electron chi connectivity index (χ0n) is 14.2. The number of hydrogen-bond acceptors (Lipinski definition) is 6. The standard InChI is InChI=1S/C19H19NO6/c1-12(26-19(23)15-5-2-13(10-21)3-6-15)18(22)20-9-14-4-7-16-17(8-14)25-11-24-16/h2-8,12,21H,9-11H2,1H3,(H,20,22)/t12-/m0/s1. The van der Waals surface area contributed by atoms with E-state index < -0.39 is 18.0 Å². The molecule has 0 unspecified atom stereocenters. The fraction of sp³-hybridized carbons (Fsp3) is 0.263. The normalized spacial score (nSPS) is 13.2. The number of carbonyl (C=O) groups is 2. The quantitative estimate of drug-likeness (QED) is 0.765. The molecule has 1 aliphatic rings. The summed E-state index contributed by atoms with van der Waals surface area (Å²) < 4.78 is 15.7. The van der Waals surface area contributed by atoms with Crippen molar-refractivity contribution in [3.05, 3.63) is 59.2 Å². The molecule has 0 radical (unpaired) electrons. The van der Waals surface area contributed by atoms with Crippen LogP contribution >= 0.6 is 0 Å². The van der Waals surface area contributed by atoms with Crippen LogP contribution in [0.2, 0.25) is 0 Å². The van der Waals surface area contributed by atoms with Crippen LogP contribution in [0, 0.1) is 0 Å². The van der Waals surface area contributed by atoms with Crippen molar-refractivity contribution in [1.82, 2.24) is 5.32 Å². The number of hydrogen-bond donors (Lipinski definition) is 2. The maximum atomic E-state index is 12.1. The van der Waals surface area contributed by atoms with E-state index in [1.165, 1.54) is 6.92 Å². The maximum Gasteiger partial charge on any atom is 0.338 e. The van der Waals surface area contributed by atoms with Crippen LogP contribution in [0.25, 0.3) is 0 Å². The number of esters is 1. The average Bonchev–Trinajstić information content (AvgIpc) is 3.13. The Labute approximate surface area is 150 Å². The number of ether oxygens (including phenoxy) is 3. The number of aliphatic hydroxyl groups excluding tert-OH is 1. The van der Waals surface area contributed by atoms with Gasteiger partial charge in [-0.1, -0.05) is 18.2 Å². The van der Waals surface area contributed by atoms with Gasteiger partial charge in [0.15, 0.2) is 17.6 Å². The van der Waals surface area contributed by atoms with Gasteiger partial charge in [0.1, 0.15) is 0 Å². The van der Waals surface area contributed by atoms with Crippen molar-refractivity contribution >= 4 is 11.9 Å². The van der Waals surface area contributed by atoms with Gasteiger partial charge in [0.05, 0.1) is 12.2 Å². The number of carbonyl (C=O) groups excluding carboxylic acids is 2. The summed E-state index contributed by atoms with van der Waals surface area (Å²) in [4.78, 5) is 24.2. The highest BCUT2D eigenvalue weighted by Gasteiger charge is 2.19. The molecule has 1 atom stereocenters. The molecule has 0 aromatic heterocycles. The van der Waals surface area contributed by atoms with Crippen molar-refractivity contribution in [2.75, 3.05) is 6.79 Å². The van der Waals surface area contributed by atoms with E-state index in [9.17, 15) is 9.59 Å². The molecule has 0 saturated carbocycles. The molecule has 0 aliphatic carbocycles. The van der Waals surface area contributed by atoms with Gasteiger partial charge in [0.25, 0.3) is 5.91 Å². The molecule has 2 N–H and O–H groups in total. The predicted octanol–water partition coefficient (Wildman–Crippen LogP) is 1.77. The highest BCUT2D eigenvalue weighted by molar-refractivity contribution is 5.92. The molecule has 1 aliphatic heterocycles. The number of benzene rings is 2. The van der Waals surface area contributed by atoms with Gasteiger partial charge in [-0.25, -0.2) is 4.79 Å². The Kier molecular flexibility index (Phi) is 5.38. The van der Waals surface area contributed by atoms with Crippen LogP contribution in [0.5, 0.6) is 11.5 Å². The summed E-state index contributed by atoms with van der Waals surface area (Å²) >= 11 is 0. The molecular weight excluding hydrogens is 338 g/mol. The number of fused-ring (bicyclic) bond motifs is 1. The van der Waals surface area contributed by atoms with Crippen LogP contribution in [-0.2, 0) is 22.7 Å². The monoisotopic (exact) mass is 357 g/mol. The number of rotatable bonds is 6. The van der Waals surface area contributed by atoms with Crippen molar-refractivity contribution < 1.29 is 28.9 Å². The molecule has 0 fully saturated rings. The van der Waals surface area contributed by atoms with Crippen molar-refractivity contribution in [3.63, 3.8) is 0 Å². The van der Waals surface area contributed by atoms with E-state index in [1.807, 2.05) is 6.07 Å². The molecular formula is C19H19NO6. The van der Waals surface area contributed by atoms with E-state index in [-0.39, 0.29) is 19.9 Å². The van der Waals surface area contributed by atoms with Crippen molar-refractivity contribution in [2.24, 2.45) is 0 Å². The molecule has 1 amide bonds. The minimum absolute atomic E-state index is 0.103. The lowest BCUT2D eigenvalue weighted by Crippen LogP contribution is -2.35. The van der Waals surface area contributed by atoms with Gasteiger partial charge in [-0.05, 0) is 42.3 Å². The Hall–Kier alpha value is -3.06. The summed E-state index contributed by atoms with van der Waals surface area (Å²) in [6.45, 7) is 1.88. The van der Waals surface area contributed by atoms with Crippen LogP contribution in [0.15, 0.2) is 42.5 Å². The Morgan fingerprint density at radius 1 is 1.12 bits per heavy atom. The molecule has 1 heterocycles. The lowest BCUT2D eigenvalue weighted by Gasteiger charge is -2.14. The summed E-state index contributed by atoms with van der Waals surface area (Å²) in [5.74, 6) is 0.320. The van der Waals surface area contributed by atoms with Crippen LogP contribution < -0.4 is 14.8 Å². The first kappa shape index (κ1) is 17.8. The van der Waals surface area contributed by atoms with Gasteiger partial charge in [-0.2, -0.15) is 0 Å². The fourth-order valence-corrected chi connectivity index (χ4v) is 2.41. The Morgan fingerprint density at radius 3 is 2.54 bits per heavy atom. The van der Waals surface area contributed by atoms with Crippen molar-refractivity contribution in [3.8, 4) is 11.5 Å². The zero-order chi connectivity index (χ0) is 18.5. The van der Waals surface area contributed by atoms with Crippen molar-refractivity contribution in [2.45, 2.75) is 26.2 Å². The van der Waals surface area contributed by atoms with Crippen LogP contribution in [-0.4, -0.2) is 29.9 Å². The topological polar surface area (TPSA) is 94.1 Å². The minimum atomic E-state index is -0.936. The maximum absolute atomic E-state index is 12.1. The largest absolute Gasteiger partial charge is 0.454 e. The second-order valence-corrected chi connectivity index (χ2v) is 5.81. The molecule has 7 heteroatoms. The first-order valence-corrected chi connectivity index (χ1v) is 8.14. The molecule has 0 spiro atoms. The van der Waals surface area contributed by atoms with E-state index in [0.29, 0.717) is 22.6 Å². The second kappa shape index (κ2) is 7.88. The highest BCUT2D eigenvalue weighted by Crippen LogP contribution is 2.32. The highest BCUT2D eigenvalue weighted by atomic mass is 16.7. The van der Waals surface area contributed by atoms with E-state index in [1.54, 1.807) is 36.4 Å². The van der Waals surface area contributed by atoms with Gasteiger partial charge in [0.2, 0.25) is 6.79 Å². The number of aliphatic hydroxyl groups is 1. The smallest absolute Gasteiger partial charge is 0.338 e. The third-order valence-corrected chi connectivity index (χ3v) is 3.93. The molecule has 26 heavy (non-hydrogen) atoms. The zero-order valence-corrected chi connectivity index (χ0v) is 14.2. The molecule has 2 aromatic carbocycles. The second-order valence-electron chi connectivity index (χ2n) is 5.81. The van der Waals surface area contributed by atoms with Crippen molar-refractivity contribution in [1.29, 1.82) is 0 Å². The Morgan fingerprint density at radius 2 is 1.81 bits per heavy atom. The summed E-state index contributed by atoms with van der Waals surface area (Å²) in [5.41, 5.74) is 1.86. The Bertz CT molecular complexity index is 802. The first-order chi connectivity index (χ1) is 12.6. The van der Waals surface area contributed by atoms with Crippen LogP contribution in [0.3, 0.4) is 0 Å². The first-order valence-electron chi connectivity index (χ1n) is 8.14. The van der Waals surface area contributed by atoms with Gasteiger partial charge in [0, 0.05) is 6.54 Å². The predicted molar refractivity (Wildman–Crippen MR) is 91.7 cm³/mol. The van der Waals surface area contributed by atoms with Crippen LogP contribution in [0.1, 0.15) is 28.4 Å². The molecule has 0 bridgehead atoms. The SMILES string of the molecule is C[C@H](OC(=O)c1ccc(CO)cc1)C(=O)NCc1ccc2c(c1)OCO2. The summed E-state index contributed by atoms with van der Waals surface area (Å²) in [5, 5.41) is 11.7. The lowest BCUT2D eigenvalue weighted by atomic mass is 10.1. The average molecular weight is 357 g/mol. The van der Waals surface area contributed by atoms with E-state index >= 15 is 0 Å². The molecule has 3 rings (SSSR count). The third kappa shape index (κ3) is 4.12. The summed E-state index contributed by atoms with van der Waals surface area (Å²) in [7, 11) is 0. The minimum Gasteiger partial charge on any atom is -0.454 e. The van der Waals surface area contributed by atoms with E-state index in [0.717, 1.165) is 5.56 Å². The summed E-state index contributed by atoms with van der Waals surface area (Å²) in [6.07, 6.45) is -0.936. The number of amides is 1. The molecule has 7 nitrogen and oxygen atoms in total. The van der Waals surface area contributed by atoms with Gasteiger partial charge in [-0.15, -0.1) is 0 Å². The fourth-order valence-electron chi connectivity index (χ4n) is 2.41. The molecule has 2 aromatic rings. The number of nitrogens with one attached hydrogen (secondary N) is 1. The van der Waals surface area contributed by atoms with Crippen LogP contribution in [0.4, 0.5) is 0 Å². The molecule has 0 saturated heterocycles. The van der Waals surface area contributed by atoms with Gasteiger partial charge >= 0.3 is 5.97 Å². The van der Waals surface area contributed by atoms with Gasteiger partial charge < -0.3 is 24.6 Å². The van der Waals surface area contributed by atoms with Gasteiger partial charge in [-0.3, -0.25) is 4.79 Å². The summed E-state index contributed by atoms with van der Waals surface area (Å²) in [6, 6.07) is 11.7. The van der Waals surface area contributed by atoms with E-state index in [2.05, 4.69) is 5.32 Å². The Balaban J connectivity index is 1.51. The lowest BCUT2D eigenvalue weighted by molar-refractivity contribution is -0.129. The molecule has 136 valence electrons. The third-order valence-electron chi connectivity index (χ3n) is 3.93.